The van der Waals surface area contributed by atoms with Crippen LogP contribution in [0.4, 0.5) is 5.69 Å². The predicted molar refractivity (Wildman–Crippen MR) is 46.3 cm³/mol. The van der Waals surface area contributed by atoms with E-state index in [1.54, 1.807) is 6.07 Å². The van der Waals surface area contributed by atoms with Gasteiger partial charge in [0.2, 0.25) is 5.89 Å². The van der Waals surface area contributed by atoms with E-state index in [9.17, 15) is 0 Å². The lowest BCUT2D eigenvalue weighted by molar-refractivity contribution is 0.533. The molecule has 0 aliphatic heterocycles. The third kappa shape index (κ3) is 0.931. The Hall–Kier alpha value is -1.55. The molecule has 0 amide bonds. The number of hydrogen-bond donors (Lipinski definition) is 2. The quantitative estimate of drug-likeness (QED) is 0.611. The predicted octanol–water partition coefficient (Wildman–Crippen LogP) is 0.869. The Labute approximate surface area is 69.2 Å². The average Bonchev–Trinajstić information content (AvgIpc) is 2.49. The third-order valence-electron chi connectivity index (χ3n) is 1.67. The van der Waals surface area contributed by atoms with Crippen molar-refractivity contribution in [3.05, 3.63) is 24.1 Å². The molecule has 0 saturated carbocycles. The summed E-state index contributed by atoms with van der Waals surface area (Å²) in [6.45, 7) is 0.300. The second kappa shape index (κ2) is 2.49. The van der Waals surface area contributed by atoms with Crippen molar-refractivity contribution in [3.8, 4) is 0 Å². The molecule has 0 aliphatic carbocycles. The lowest BCUT2D eigenvalue weighted by Gasteiger charge is -1.89. The van der Waals surface area contributed by atoms with Crippen molar-refractivity contribution in [2.24, 2.45) is 5.73 Å². The van der Waals surface area contributed by atoms with Crippen LogP contribution in [-0.2, 0) is 6.54 Å². The van der Waals surface area contributed by atoms with E-state index < -0.39 is 0 Å². The van der Waals surface area contributed by atoms with Crippen LogP contribution in [0, 0.1) is 0 Å². The van der Waals surface area contributed by atoms with Crippen LogP contribution in [0.25, 0.3) is 11.1 Å². The van der Waals surface area contributed by atoms with Gasteiger partial charge in [-0.15, -0.1) is 0 Å². The van der Waals surface area contributed by atoms with E-state index in [1.807, 2.05) is 12.1 Å². The van der Waals surface area contributed by atoms with Crippen LogP contribution in [0.5, 0.6) is 0 Å². The van der Waals surface area contributed by atoms with Gasteiger partial charge in [0, 0.05) is 0 Å². The molecule has 0 radical (unpaired) electrons. The Bertz CT molecular complexity index is 408. The number of nitrogens with two attached hydrogens (primary N) is 2. The van der Waals surface area contributed by atoms with Gasteiger partial charge in [-0.05, 0) is 12.1 Å². The second-order valence-electron chi connectivity index (χ2n) is 2.51. The maximum Gasteiger partial charge on any atom is 0.209 e. The van der Waals surface area contributed by atoms with Crippen LogP contribution in [-0.4, -0.2) is 4.98 Å². The minimum absolute atomic E-state index is 0.300. The number of rotatable bonds is 1. The Balaban J connectivity index is 2.74. The minimum Gasteiger partial charge on any atom is -0.439 e. The zero-order valence-electron chi connectivity index (χ0n) is 6.45. The summed E-state index contributed by atoms with van der Waals surface area (Å²) >= 11 is 0. The van der Waals surface area contributed by atoms with Gasteiger partial charge in [0.25, 0.3) is 0 Å². The maximum atomic E-state index is 5.66. The number of oxazole rings is 1. The first-order chi connectivity index (χ1) is 5.81. The molecule has 0 atom stereocenters. The van der Waals surface area contributed by atoms with Crippen molar-refractivity contribution in [3.63, 3.8) is 0 Å². The summed E-state index contributed by atoms with van der Waals surface area (Å²) < 4.78 is 5.28. The van der Waals surface area contributed by atoms with E-state index in [2.05, 4.69) is 4.98 Å². The molecule has 0 bridgehead atoms. The molecule has 2 rings (SSSR count). The van der Waals surface area contributed by atoms with Crippen molar-refractivity contribution in [1.29, 1.82) is 0 Å². The van der Waals surface area contributed by atoms with Crippen molar-refractivity contribution in [1.82, 2.24) is 4.98 Å². The van der Waals surface area contributed by atoms with Crippen molar-refractivity contribution in [2.75, 3.05) is 5.73 Å². The molecular formula is C8H9N3O. The summed E-state index contributed by atoms with van der Waals surface area (Å²) in [6.07, 6.45) is 0. The standard InChI is InChI=1S/C8H9N3O/c9-4-7-11-8-5(10)2-1-3-6(8)12-7/h1-3H,4,9-10H2. The zero-order chi connectivity index (χ0) is 8.55. The largest absolute Gasteiger partial charge is 0.439 e. The van der Waals surface area contributed by atoms with E-state index in [0.717, 1.165) is 0 Å². The summed E-state index contributed by atoms with van der Waals surface area (Å²) in [7, 11) is 0. The Kier molecular flexibility index (Phi) is 1.48. The molecule has 0 spiro atoms. The number of fused-ring (bicyclic) bond motifs is 1. The summed E-state index contributed by atoms with van der Waals surface area (Å²) in [5, 5.41) is 0. The van der Waals surface area contributed by atoms with Crippen LogP contribution in [0.1, 0.15) is 5.89 Å². The van der Waals surface area contributed by atoms with Crippen LogP contribution >= 0.6 is 0 Å². The van der Waals surface area contributed by atoms with Gasteiger partial charge in [0.15, 0.2) is 5.58 Å². The average molecular weight is 163 g/mol. The Morgan fingerprint density at radius 2 is 2.25 bits per heavy atom. The van der Waals surface area contributed by atoms with E-state index in [-0.39, 0.29) is 0 Å². The number of nitrogen functional groups attached to an aromatic ring is 1. The summed E-state index contributed by atoms with van der Waals surface area (Å²) in [5.41, 5.74) is 13.0. The maximum absolute atomic E-state index is 5.66. The third-order valence-corrected chi connectivity index (χ3v) is 1.67. The smallest absolute Gasteiger partial charge is 0.209 e. The highest BCUT2D eigenvalue weighted by molar-refractivity contribution is 5.85. The lowest BCUT2D eigenvalue weighted by Crippen LogP contribution is -1.95. The monoisotopic (exact) mass is 163 g/mol. The highest BCUT2D eigenvalue weighted by Gasteiger charge is 2.05. The van der Waals surface area contributed by atoms with E-state index in [1.165, 1.54) is 0 Å². The first kappa shape index (κ1) is 7.12. The fraction of sp³-hybridized carbons (Fsp3) is 0.125. The van der Waals surface area contributed by atoms with Gasteiger partial charge < -0.3 is 15.9 Å². The second-order valence-corrected chi connectivity index (χ2v) is 2.51. The molecule has 12 heavy (non-hydrogen) atoms. The van der Waals surface area contributed by atoms with Crippen molar-refractivity contribution < 1.29 is 4.42 Å². The first-order valence-electron chi connectivity index (χ1n) is 3.65. The van der Waals surface area contributed by atoms with E-state index >= 15 is 0 Å². The van der Waals surface area contributed by atoms with Crippen LogP contribution in [0.15, 0.2) is 22.6 Å². The highest BCUT2D eigenvalue weighted by atomic mass is 16.3. The number of nitrogens with zero attached hydrogens (tertiary/aromatic N) is 1. The van der Waals surface area contributed by atoms with Gasteiger partial charge in [-0.25, -0.2) is 4.98 Å². The number of anilines is 1. The summed E-state index contributed by atoms with van der Waals surface area (Å²) in [5.74, 6) is 0.517. The van der Waals surface area contributed by atoms with Crippen LogP contribution in [0.3, 0.4) is 0 Å². The molecule has 0 saturated heterocycles. The lowest BCUT2D eigenvalue weighted by atomic mass is 10.3. The fourth-order valence-electron chi connectivity index (χ4n) is 1.10. The zero-order valence-corrected chi connectivity index (χ0v) is 6.45. The van der Waals surface area contributed by atoms with E-state index in [4.69, 9.17) is 15.9 Å². The molecule has 1 aromatic heterocycles. The number of aromatic nitrogens is 1. The molecule has 4 heteroatoms. The molecule has 4 nitrogen and oxygen atoms in total. The van der Waals surface area contributed by atoms with E-state index in [0.29, 0.717) is 29.2 Å². The van der Waals surface area contributed by atoms with Crippen molar-refractivity contribution in [2.45, 2.75) is 6.54 Å². The first-order valence-corrected chi connectivity index (χ1v) is 3.65. The normalized spacial score (nSPS) is 10.8. The number of hydrogen-bond acceptors (Lipinski definition) is 4. The van der Waals surface area contributed by atoms with Crippen molar-refractivity contribution >= 4 is 16.8 Å². The van der Waals surface area contributed by atoms with Gasteiger partial charge in [0.05, 0.1) is 12.2 Å². The minimum atomic E-state index is 0.300. The molecule has 62 valence electrons. The molecule has 0 fully saturated rings. The number of para-hydroxylation sites is 1. The Morgan fingerprint density at radius 1 is 1.42 bits per heavy atom. The van der Waals surface area contributed by atoms with Crippen LogP contribution < -0.4 is 11.5 Å². The molecule has 1 aromatic carbocycles. The Morgan fingerprint density at radius 3 is 2.92 bits per heavy atom. The van der Waals surface area contributed by atoms with Gasteiger partial charge >= 0.3 is 0 Å². The molecule has 4 N–H and O–H groups in total. The van der Waals surface area contributed by atoms with Gasteiger partial charge in [-0.2, -0.15) is 0 Å². The molecule has 2 aromatic rings. The molecule has 0 unspecified atom stereocenters. The van der Waals surface area contributed by atoms with Crippen LogP contribution in [0.2, 0.25) is 0 Å². The fourth-order valence-corrected chi connectivity index (χ4v) is 1.10. The summed E-state index contributed by atoms with van der Waals surface area (Å²) in [4.78, 5) is 4.11. The van der Waals surface area contributed by atoms with Gasteiger partial charge in [-0.1, -0.05) is 6.07 Å². The highest BCUT2D eigenvalue weighted by Crippen LogP contribution is 2.20. The van der Waals surface area contributed by atoms with Gasteiger partial charge in [-0.3, -0.25) is 0 Å². The summed E-state index contributed by atoms with van der Waals surface area (Å²) in [6, 6.07) is 5.42. The SMILES string of the molecule is NCc1nc2c(N)cccc2o1. The topological polar surface area (TPSA) is 78.1 Å². The van der Waals surface area contributed by atoms with Gasteiger partial charge in [0.1, 0.15) is 5.52 Å². The number of benzene rings is 1. The molecule has 1 heterocycles. The molecular weight excluding hydrogens is 154 g/mol. The molecule has 0 aliphatic rings.